The van der Waals surface area contributed by atoms with Crippen LogP contribution in [0.4, 0.5) is 5.69 Å². The number of rotatable bonds is 14. The fourth-order valence-corrected chi connectivity index (χ4v) is 5.50. The highest BCUT2D eigenvalue weighted by Gasteiger charge is 2.32. The van der Waals surface area contributed by atoms with Crippen LogP contribution in [0.15, 0.2) is 83.8 Å². The molecule has 1 atom stereocenters. The molecule has 0 unspecified atom stereocenters. The van der Waals surface area contributed by atoms with E-state index in [2.05, 4.69) is 5.32 Å². The van der Waals surface area contributed by atoms with E-state index in [-0.39, 0.29) is 17.3 Å². The van der Waals surface area contributed by atoms with Crippen LogP contribution in [0, 0.1) is 0 Å². The van der Waals surface area contributed by atoms with E-state index >= 15 is 0 Å². The Bertz CT molecular complexity index is 1360. The largest absolute Gasteiger partial charge is 0.497 e. The van der Waals surface area contributed by atoms with E-state index in [4.69, 9.17) is 9.47 Å². The van der Waals surface area contributed by atoms with Crippen LogP contribution in [0.25, 0.3) is 0 Å². The molecule has 40 heavy (non-hydrogen) atoms. The molecule has 214 valence electrons. The van der Waals surface area contributed by atoms with Gasteiger partial charge < -0.3 is 19.7 Å². The highest BCUT2D eigenvalue weighted by atomic mass is 32.2. The highest BCUT2D eigenvalue weighted by Crippen LogP contribution is 2.27. The number of anilines is 1. The van der Waals surface area contributed by atoms with Crippen LogP contribution in [0.1, 0.15) is 32.8 Å². The first-order chi connectivity index (χ1) is 19.2. The number of nitrogens with one attached hydrogen (secondary N) is 1. The molecule has 0 fully saturated rings. The third-order valence-corrected chi connectivity index (χ3v) is 8.04. The van der Waals surface area contributed by atoms with E-state index in [0.717, 1.165) is 16.3 Å². The van der Waals surface area contributed by atoms with E-state index < -0.39 is 28.5 Å². The first-order valence-electron chi connectivity index (χ1n) is 13.2. The van der Waals surface area contributed by atoms with Crippen LogP contribution in [0.3, 0.4) is 0 Å². The molecule has 0 aliphatic heterocycles. The van der Waals surface area contributed by atoms with Gasteiger partial charge in [-0.1, -0.05) is 37.3 Å². The number of hydrogen-bond acceptors (Lipinski definition) is 6. The molecule has 3 rings (SSSR count). The minimum absolute atomic E-state index is 0.0461. The van der Waals surface area contributed by atoms with Crippen molar-refractivity contribution < 1.29 is 27.5 Å². The van der Waals surface area contributed by atoms with Gasteiger partial charge >= 0.3 is 0 Å². The highest BCUT2D eigenvalue weighted by molar-refractivity contribution is 7.92. The van der Waals surface area contributed by atoms with Gasteiger partial charge in [-0.25, -0.2) is 8.42 Å². The molecule has 3 aromatic rings. The molecular weight excluding hydrogens is 530 g/mol. The van der Waals surface area contributed by atoms with Crippen LogP contribution in [-0.4, -0.2) is 58.0 Å². The van der Waals surface area contributed by atoms with Gasteiger partial charge in [-0.2, -0.15) is 0 Å². The maximum absolute atomic E-state index is 13.9. The topological polar surface area (TPSA) is 105 Å². The summed E-state index contributed by atoms with van der Waals surface area (Å²) in [4.78, 5) is 28.3. The summed E-state index contributed by atoms with van der Waals surface area (Å²) < 4.78 is 39.5. The van der Waals surface area contributed by atoms with Crippen molar-refractivity contribution in [2.24, 2.45) is 0 Å². The van der Waals surface area contributed by atoms with Crippen molar-refractivity contribution in [3.63, 3.8) is 0 Å². The first kappa shape index (κ1) is 30.5. The van der Waals surface area contributed by atoms with Crippen LogP contribution in [0.5, 0.6) is 11.5 Å². The van der Waals surface area contributed by atoms with Gasteiger partial charge in [0.2, 0.25) is 11.8 Å². The Hall–Kier alpha value is -4.05. The summed E-state index contributed by atoms with van der Waals surface area (Å²) in [6.45, 7) is 5.92. The Morgan fingerprint density at radius 3 is 2.25 bits per heavy atom. The number of nitrogens with zero attached hydrogens (tertiary/aromatic N) is 2. The number of carbonyl (C=O) groups excluding carboxylic acids is 2. The van der Waals surface area contributed by atoms with Gasteiger partial charge in [0.15, 0.2) is 0 Å². The normalized spacial score (nSPS) is 11.8. The SMILES string of the molecule is CCCNC(=O)[C@@H](C)N(Cc1cccc(OC)c1)C(=O)CN(c1ccc(OCC)cc1)S(=O)(=O)c1ccccc1. The van der Waals surface area contributed by atoms with Crippen molar-refractivity contribution in [2.45, 2.75) is 44.7 Å². The Kier molecular flexibility index (Phi) is 11.0. The number of ether oxygens (including phenoxy) is 2. The number of amides is 2. The number of carbonyl (C=O) groups is 2. The van der Waals surface area contributed by atoms with Crippen LogP contribution < -0.4 is 19.1 Å². The van der Waals surface area contributed by atoms with Gasteiger partial charge in [0, 0.05) is 13.1 Å². The summed E-state index contributed by atoms with van der Waals surface area (Å²) in [5.74, 6) is 0.332. The van der Waals surface area contributed by atoms with Gasteiger partial charge in [0.05, 0.1) is 24.3 Å². The lowest BCUT2D eigenvalue weighted by Gasteiger charge is -2.32. The average Bonchev–Trinajstić information content (AvgIpc) is 2.98. The predicted octanol–water partition coefficient (Wildman–Crippen LogP) is 4.23. The third kappa shape index (κ3) is 7.75. The zero-order valence-corrected chi connectivity index (χ0v) is 24.2. The average molecular weight is 568 g/mol. The second-order valence-electron chi connectivity index (χ2n) is 9.09. The summed E-state index contributed by atoms with van der Waals surface area (Å²) in [6.07, 6.45) is 0.739. The van der Waals surface area contributed by atoms with E-state index in [1.807, 2.05) is 19.9 Å². The van der Waals surface area contributed by atoms with E-state index in [1.54, 1.807) is 74.7 Å². The van der Waals surface area contributed by atoms with Crippen molar-refractivity contribution in [1.29, 1.82) is 0 Å². The fourth-order valence-electron chi connectivity index (χ4n) is 4.07. The van der Waals surface area contributed by atoms with E-state index in [9.17, 15) is 18.0 Å². The van der Waals surface area contributed by atoms with Gasteiger partial charge in [-0.15, -0.1) is 0 Å². The van der Waals surface area contributed by atoms with Crippen molar-refractivity contribution in [3.8, 4) is 11.5 Å². The van der Waals surface area contributed by atoms with Crippen molar-refractivity contribution in [3.05, 3.63) is 84.4 Å². The van der Waals surface area contributed by atoms with Gasteiger partial charge in [-0.3, -0.25) is 13.9 Å². The molecule has 9 nitrogen and oxygen atoms in total. The second kappa shape index (κ2) is 14.4. The minimum Gasteiger partial charge on any atom is -0.497 e. The molecule has 0 aliphatic carbocycles. The van der Waals surface area contributed by atoms with Crippen LogP contribution >= 0.6 is 0 Å². The number of methoxy groups -OCH3 is 1. The Balaban J connectivity index is 2.01. The molecule has 0 saturated carbocycles. The zero-order chi connectivity index (χ0) is 29.1. The smallest absolute Gasteiger partial charge is 0.264 e. The molecule has 3 aromatic carbocycles. The lowest BCUT2D eigenvalue weighted by atomic mass is 10.1. The molecule has 1 N–H and O–H groups in total. The predicted molar refractivity (Wildman–Crippen MR) is 155 cm³/mol. The maximum atomic E-state index is 13.9. The standard InChI is InChI=1S/C30H37N3O6S/c1-5-19-31-30(35)23(3)32(21-24-11-10-12-27(20-24)38-4)29(34)22-33(25-15-17-26(18-16-25)39-6-2)40(36,37)28-13-8-7-9-14-28/h7-18,20,23H,5-6,19,21-22H2,1-4H3,(H,31,35)/t23-/m1/s1. The number of benzene rings is 3. The summed E-state index contributed by atoms with van der Waals surface area (Å²) in [7, 11) is -2.58. The quantitative estimate of drug-likeness (QED) is 0.313. The molecular formula is C30H37N3O6S. The van der Waals surface area contributed by atoms with E-state index in [0.29, 0.717) is 30.3 Å². The molecule has 0 spiro atoms. The number of sulfonamides is 1. The molecule has 0 bridgehead atoms. The van der Waals surface area contributed by atoms with Crippen molar-refractivity contribution in [2.75, 3.05) is 31.1 Å². The number of hydrogen-bond donors (Lipinski definition) is 1. The fraction of sp³-hybridized carbons (Fsp3) is 0.333. The van der Waals surface area contributed by atoms with Crippen molar-refractivity contribution >= 4 is 27.5 Å². The Morgan fingerprint density at radius 1 is 0.925 bits per heavy atom. The summed E-state index contributed by atoms with van der Waals surface area (Å²) in [5, 5.41) is 2.83. The van der Waals surface area contributed by atoms with Crippen molar-refractivity contribution in [1.82, 2.24) is 10.2 Å². The van der Waals surface area contributed by atoms with Crippen LogP contribution in [0.2, 0.25) is 0 Å². The van der Waals surface area contributed by atoms with Gasteiger partial charge in [0.1, 0.15) is 24.1 Å². The summed E-state index contributed by atoms with van der Waals surface area (Å²) >= 11 is 0. The zero-order valence-electron chi connectivity index (χ0n) is 23.4. The molecule has 0 heterocycles. The summed E-state index contributed by atoms with van der Waals surface area (Å²) in [5.41, 5.74) is 1.03. The molecule has 0 aromatic heterocycles. The van der Waals surface area contributed by atoms with Gasteiger partial charge in [-0.05, 0) is 74.4 Å². The molecule has 10 heteroatoms. The maximum Gasteiger partial charge on any atom is 0.264 e. The van der Waals surface area contributed by atoms with Gasteiger partial charge in [0.25, 0.3) is 10.0 Å². The van der Waals surface area contributed by atoms with Crippen LogP contribution in [-0.2, 0) is 26.2 Å². The molecule has 0 radical (unpaired) electrons. The lowest BCUT2D eigenvalue weighted by molar-refractivity contribution is -0.139. The second-order valence-corrected chi connectivity index (χ2v) is 11.0. The summed E-state index contributed by atoms with van der Waals surface area (Å²) in [6, 6.07) is 20.8. The Morgan fingerprint density at radius 2 is 1.62 bits per heavy atom. The third-order valence-electron chi connectivity index (χ3n) is 6.25. The monoisotopic (exact) mass is 567 g/mol. The first-order valence-corrected chi connectivity index (χ1v) is 14.7. The lowest BCUT2D eigenvalue weighted by Crippen LogP contribution is -2.51. The minimum atomic E-state index is -4.13. The molecule has 0 saturated heterocycles. The molecule has 2 amide bonds. The molecule has 0 aliphatic rings. The Labute approximate surface area is 236 Å². The van der Waals surface area contributed by atoms with E-state index in [1.165, 1.54) is 17.0 Å².